The Morgan fingerprint density at radius 3 is 2.60 bits per heavy atom. The molecule has 25 heavy (non-hydrogen) atoms. The van der Waals surface area contributed by atoms with Gasteiger partial charge >= 0.3 is 0 Å². The summed E-state index contributed by atoms with van der Waals surface area (Å²) in [6, 6.07) is 11.4. The van der Waals surface area contributed by atoms with Gasteiger partial charge in [0.25, 0.3) is 0 Å². The summed E-state index contributed by atoms with van der Waals surface area (Å²) >= 11 is 0. The van der Waals surface area contributed by atoms with E-state index in [0.29, 0.717) is 5.56 Å². The van der Waals surface area contributed by atoms with Gasteiger partial charge in [0.1, 0.15) is 0 Å². The maximum atomic E-state index is 12.3. The van der Waals surface area contributed by atoms with Crippen molar-refractivity contribution in [3.63, 3.8) is 0 Å². The van der Waals surface area contributed by atoms with E-state index >= 15 is 0 Å². The van der Waals surface area contributed by atoms with Crippen molar-refractivity contribution in [2.24, 2.45) is 7.05 Å². The minimum Gasteiger partial charge on any atom is -0.268 e. The quantitative estimate of drug-likeness (QED) is 0.754. The number of hydrogen-bond acceptors (Lipinski definition) is 5. The third-order valence-electron chi connectivity index (χ3n) is 3.67. The van der Waals surface area contributed by atoms with Crippen LogP contribution in [0, 0.1) is 11.3 Å². The Bertz CT molecular complexity index is 1030. The van der Waals surface area contributed by atoms with Gasteiger partial charge in [-0.05, 0) is 42.0 Å². The molecule has 0 fully saturated rings. The topological polar surface area (TPSA) is 101 Å². The lowest BCUT2D eigenvalue weighted by Crippen LogP contribution is -2.23. The van der Waals surface area contributed by atoms with Gasteiger partial charge in [-0.15, -0.1) is 0 Å². The zero-order valence-corrected chi connectivity index (χ0v) is 14.2. The Morgan fingerprint density at radius 1 is 1.20 bits per heavy atom. The average Bonchev–Trinajstić information content (AvgIpc) is 3.06. The Kier molecular flexibility index (Phi) is 4.61. The highest BCUT2D eigenvalue weighted by atomic mass is 32.2. The molecule has 7 nitrogen and oxygen atoms in total. The molecular weight excluding hydrogens is 338 g/mol. The van der Waals surface area contributed by atoms with E-state index in [1.807, 2.05) is 25.2 Å². The second kappa shape index (κ2) is 6.84. The van der Waals surface area contributed by atoms with Gasteiger partial charge in [0, 0.05) is 37.7 Å². The molecule has 0 spiro atoms. The molecule has 8 heteroatoms. The maximum absolute atomic E-state index is 12.3. The second-order valence-corrected chi connectivity index (χ2v) is 7.15. The van der Waals surface area contributed by atoms with Crippen molar-refractivity contribution in [1.29, 1.82) is 5.26 Å². The number of aromatic nitrogens is 3. The lowest BCUT2D eigenvalue weighted by atomic mass is 10.1. The predicted molar refractivity (Wildman–Crippen MR) is 91.6 cm³/mol. The summed E-state index contributed by atoms with van der Waals surface area (Å²) < 4.78 is 29.0. The average molecular weight is 353 g/mol. The molecule has 2 heterocycles. The van der Waals surface area contributed by atoms with Crippen LogP contribution in [-0.2, 0) is 23.6 Å². The van der Waals surface area contributed by atoms with Crippen LogP contribution in [-0.4, -0.2) is 23.2 Å². The molecule has 0 aliphatic heterocycles. The monoisotopic (exact) mass is 353 g/mol. The van der Waals surface area contributed by atoms with E-state index in [1.165, 1.54) is 24.3 Å². The fraction of sp³-hybridized carbons (Fsp3) is 0.118. The Labute approximate surface area is 145 Å². The van der Waals surface area contributed by atoms with Gasteiger partial charge in [0.2, 0.25) is 10.0 Å². The normalized spacial score (nSPS) is 11.2. The van der Waals surface area contributed by atoms with Gasteiger partial charge in [0.15, 0.2) is 0 Å². The molecule has 0 aliphatic carbocycles. The Balaban J connectivity index is 1.77. The molecule has 3 rings (SSSR count). The van der Waals surface area contributed by atoms with Crippen molar-refractivity contribution in [3.05, 3.63) is 66.1 Å². The molecule has 1 N–H and O–H groups in total. The largest absolute Gasteiger partial charge is 0.268 e. The van der Waals surface area contributed by atoms with Gasteiger partial charge in [-0.3, -0.25) is 9.67 Å². The van der Waals surface area contributed by atoms with E-state index in [-0.39, 0.29) is 11.4 Å². The van der Waals surface area contributed by atoms with Crippen molar-refractivity contribution >= 4 is 10.0 Å². The van der Waals surface area contributed by atoms with Gasteiger partial charge < -0.3 is 0 Å². The van der Waals surface area contributed by atoms with E-state index in [1.54, 1.807) is 23.3 Å². The minimum absolute atomic E-state index is 0.112. The molecular formula is C17H15N5O2S. The Hall–Kier alpha value is -3.02. The van der Waals surface area contributed by atoms with Crippen molar-refractivity contribution in [3.8, 4) is 17.3 Å². The molecule has 0 amide bonds. The van der Waals surface area contributed by atoms with Crippen molar-refractivity contribution in [1.82, 2.24) is 19.5 Å². The maximum Gasteiger partial charge on any atom is 0.240 e. The highest BCUT2D eigenvalue weighted by molar-refractivity contribution is 7.89. The number of rotatable bonds is 5. The Morgan fingerprint density at radius 2 is 1.96 bits per heavy atom. The number of aryl methyl sites for hydroxylation is 1. The van der Waals surface area contributed by atoms with Gasteiger partial charge in [-0.25, -0.2) is 13.1 Å². The van der Waals surface area contributed by atoms with Crippen LogP contribution in [0.4, 0.5) is 0 Å². The van der Waals surface area contributed by atoms with E-state index in [0.717, 1.165) is 16.8 Å². The smallest absolute Gasteiger partial charge is 0.240 e. The van der Waals surface area contributed by atoms with Crippen LogP contribution in [0.3, 0.4) is 0 Å². The number of benzene rings is 1. The molecule has 0 radical (unpaired) electrons. The van der Waals surface area contributed by atoms with Crippen LogP contribution >= 0.6 is 0 Å². The second-order valence-electron chi connectivity index (χ2n) is 5.38. The number of sulfonamides is 1. The van der Waals surface area contributed by atoms with E-state index in [2.05, 4.69) is 14.8 Å². The van der Waals surface area contributed by atoms with Crippen LogP contribution in [0.15, 0.2) is 59.9 Å². The lowest BCUT2D eigenvalue weighted by molar-refractivity contribution is 0.581. The highest BCUT2D eigenvalue weighted by Crippen LogP contribution is 2.18. The predicted octanol–water partition coefficient (Wildman–Crippen LogP) is 1.83. The van der Waals surface area contributed by atoms with Crippen LogP contribution in [0.25, 0.3) is 11.3 Å². The third kappa shape index (κ3) is 3.74. The summed E-state index contributed by atoms with van der Waals surface area (Å²) in [7, 11) is -1.83. The summed E-state index contributed by atoms with van der Waals surface area (Å²) in [5.41, 5.74) is 2.89. The van der Waals surface area contributed by atoms with Crippen LogP contribution in [0.5, 0.6) is 0 Å². The van der Waals surface area contributed by atoms with E-state index in [9.17, 15) is 8.42 Å². The van der Waals surface area contributed by atoms with E-state index < -0.39 is 10.0 Å². The van der Waals surface area contributed by atoms with Gasteiger partial charge in [-0.1, -0.05) is 0 Å². The third-order valence-corrected chi connectivity index (χ3v) is 5.09. The molecule has 3 aromatic rings. The number of nitrogens with one attached hydrogen (secondary N) is 1. The minimum atomic E-state index is -3.66. The molecule has 0 bridgehead atoms. The molecule has 2 aromatic heterocycles. The van der Waals surface area contributed by atoms with Crippen molar-refractivity contribution in [2.45, 2.75) is 11.4 Å². The first-order chi connectivity index (χ1) is 12.0. The standard InChI is InChI=1S/C17H15N5O2S/c1-22-17(6-7-20-22)15-8-14(10-19-12-15)11-21-25(23,24)16-4-2-13(9-18)3-5-16/h2-8,10,12,21H,11H2,1H3. The summed E-state index contributed by atoms with van der Waals surface area (Å²) in [5, 5.41) is 12.9. The first-order valence-corrected chi connectivity index (χ1v) is 8.90. The summed E-state index contributed by atoms with van der Waals surface area (Å²) in [6.07, 6.45) is 5.01. The van der Waals surface area contributed by atoms with Crippen molar-refractivity contribution in [2.75, 3.05) is 0 Å². The fourth-order valence-electron chi connectivity index (χ4n) is 2.35. The number of nitrogens with zero attached hydrogens (tertiary/aromatic N) is 4. The summed E-state index contributed by atoms with van der Waals surface area (Å²) in [5.74, 6) is 0. The fourth-order valence-corrected chi connectivity index (χ4v) is 3.37. The van der Waals surface area contributed by atoms with Crippen LogP contribution < -0.4 is 4.72 Å². The molecule has 0 saturated heterocycles. The van der Waals surface area contributed by atoms with E-state index in [4.69, 9.17) is 5.26 Å². The number of pyridine rings is 1. The lowest BCUT2D eigenvalue weighted by Gasteiger charge is -2.08. The SMILES string of the molecule is Cn1nccc1-c1cncc(CNS(=O)(=O)c2ccc(C#N)cc2)c1. The van der Waals surface area contributed by atoms with Gasteiger partial charge in [-0.2, -0.15) is 10.4 Å². The first kappa shape index (κ1) is 16.8. The zero-order valence-electron chi connectivity index (χ0n) is 13.4. The summed E-state index contributed by atoms with van der Waals surface area (Å²) in [6.45, 7) is 0.112. The number of nitriles is 1. The van der Waals surface area contributed by atoms with Gasteiger partial charge in [0.05, 0.1) is 22.2 Å². The summed E-state index contributed by atoms with van der Waals surface area (Å²) in [4.78, 5) is 4.28. The van der Waals surface area contributed by atoms with Crippen LogP contribution in [0.1, 0.15) is 11.1 Å². The molecule has 0 aliphatic rings. The number of hydrogen-bond donors (Lipinski definition) is 1. The zero-order chi connectivity index (χ0) is 17.9. The molecule has 0 unspecified atom stereocenters. The molecule has 1 aromatic carbocycles. The first-order valence-electron chi connectivity index (χ1n) is 7.42. The van der Waals surface area contributed by atoms with Crippen molar-refractivity contribution < 1.29 is 8.42 Å². The van der Waals surface area contributed by atoms with Crippen LogP contribution in [0.2, 0.25) is 0 Å². The molecule has 0 saturated carbocycles. The highest BCUT2D eigenvalue weighted by Gasteiger charge is 2.14. The molecule has 0 atom stereocenters. The molecule has 126 valence electrons.